The van der Waals surface area contributed by atoms with Gasteiger partial charge in [-0.05, 0) is 34.2 Å². The third-order valence-electron chi connectivity index (χ3n) is 3.84. The predicted molar refractivity (Wildman–Crippen MR) is 95.0 cm³/mol. The lowest BCUT2D eigenvalue weighted by Gasteiger charge is -2.28. The van der Waals surface area contributed by atoms with Crippen molar-refractivity contribution in [2.24, 2.45) is 11.8 Å². The Morgan fingerprint density at radius 2 is 1.41 bits per heavy atom. The predicted octanol–water partition coefficient (Wildman–Crippen LogP) is 4.49. The summed E-state index contributed by atoms with van der Waals surface area (Å²) in [4.78, 5) is 2.38. The van der Waals surface area contributed by atoms with Gasteiger partial charge in [0.25, 0.3) is 0 Å². The molecule has 0 aliphatic carbocycles. The van der Waals surface area contributed by atoms with Gasteiger partial charge in [0, 0.05) is 19.6 Å². The van der Waals surface area contributed by atoms with Gasteiger partial charge in [0.05, 0.1) is 6.10 Å². The van der Waals surface area contributed by atoms with Crippen molar-refractivity contribution in [3.63, 3.8) is 0 Å². The molecule has 0 saturated heterocycles. The molecule has 0 fully saturated rings. The quantitative estimate of drug-likeness (QED) is 0.814. The number of aliphatic hydroxyl groups is 1. The largest absolute Gasteiger partial charge is 0.387 e. The number of nitrogens with zero attached hydrogens (tertiary/aromatic N) is 1. The molecule has 0 radical (unpaired) electrons. The van der Waals surface area contributed by atoms with Crippen molar-refractivity contribution in [3.8, 4) is 0 Å². The lowest BCUT2D eigenvalue weighted by molar-refractivity contribution is 0.0988. The molecule has 1 N–H and O–H groups in total. The Morgan fingerprint density at radius 1 is 0.818 bits per heavy atom. The van der Waals surface area contributed by atoms with Crippen LogP contribution in [0, 0.1) is 11.8 Å². The van der Waals surface area contributed by atoms with Gasteiger partial charge in [-0.25, -0.2) is 0 Å². The summed E-state index contributed by atoms with van der Waals surface area (Å²) in [6, 6.07) is 14.6. The highest BCUT2D eigenvalue weighted by Crippen LogP contribution is 2.21. The van der Waals surface area contributed by atoms with Crippen LogP contribution in [0.3, 0.4) is 0 Å². The fraction of sp³-hybridized carbons (Fsp3) is 0.500. The molecular formula is C20H29NO. The number of hydrogen-bond donors (Lipinski definition) is 1. The molecule has 22 heavy (non-hydrogen) atoms. The molecular weight excluding hydrogens is 270 g/mol. The molecule has 0 aliphatic rings. The van der Waals surface area contributed by atoms with Crippen LogP contribution in [-0.2, 0) is 0 Å². The van der Waals surface area contributed by atoms with Crippen molar-refractivity contribution in [1.82, 2.24) is 4.90 Å². The maximum absolute atomic E-state index is 10.6. The molecule has 1 atom stereocenters. The molecule has 2 rings (SSSR count). The zero-order valence-corrected chi connectivity index (χ0v) is 14.3. The van der Waals surface area contributed by atoms with E-state index in [-0.39, 0.29) is 0 Å². The Morgan fingerprint density at radius 3 is 2.00 bits per heavy atom. The van der Waals surface area contributed by atoms with Crippen molar-refractivity contribution >= 4 is 10.8 Å². The topological polar surface area (TPSA) is 23.5 Å². The van der Waals surface area contributed by atoms with Crippen LogP contribution in [0.4, 0.5) is 0 Å². The number of aliphatic hydroxyl groups excluding tert-OH is 1. The summed E-state index contributed by atoms with van der Waals surface area (Å²) in [6.45, 7) is 11.7. The van der Waals surface area contributed by atoms with Crippen molar-refractivity contribution < 1.29 is 5.11 Å². The van der Waals surface area contributed by atoms with Crippen LogP contribution < -0.4 is 0 Å². The minimum atomic E-state index is -0.429. The lowest BCUT2D eigenvalue weighted by atomic mass is 10.0. The summed E-state index contributed by atoms with van der Waals surface area (Å²) in [5, 5.41) is 13.0. The monoisotopic (exact) mass is 299 g/mol. The first-order valence-corrected chi connectivity index (χ1v) is 8.35. The zero-order chi connectivity index (χ0) is 16.1. The minimum Gasteiger partial charge on any atom is -0.387 e. The van der Waals surface area contributed by atoms with Gasteiger partial charge in [-0.2, -0.15) is 0 Å². The van der Waals surface area contributed by atoms with E-state index >= 15 is 0 Å². The Bertz CT molecular complexity index is 581. The van der Waals surface area contributed by atoms with E-state index in [9.17, 15) is 5.11 Å². The van der Waals surface area contributed by atoms with Crippen LogP contribution in [0.1, 0.15) is 39.4 Å². The van der Waals surface area contributed by atoms with E-state index in [1.165, 1.54) is 10.8 Å². The first-order chi connectivity index (χ1) is 10.5. The number of fused-ring (bicyclic) bond motifs is 1. The lowest BCUT2D eigenvalue weighted by Crippen LogP contribution is -2.35. The fourth-order valence-corrected chi connectivity index (χ4v) is 3.02. The Labute approximate surface area is 134 Å². The van der Waals surface area contributed by atoms with Crippen LogP contribution in [-0.4, -0.2) is 29.6 Å². The molecule has 0 aliphatic heterocycles. The van der Waals surface area contributed by atoms with Gasteiger partial charge in [-0.3, -0.25) is 4.90 Å². The third-order valence-corrected chi connectivity index (χ3v) is 3.84. The normalized spacial score (nSPS) is 13.5. The van der Waals surface area contributed by atoms with Crippen molar-refractivity contribution in [2.75, 3.05) is 19.6 Å². The molecule has 0 heterocycles. The maximum atomic E-state index is 10.6. The van der Waals surface area contributed by atoms with Gasteiger partial charge in [0.1, 0.15) is 0 Å². The number of hydrogen-bond acceptors (Lipinski definition) is 2. The summed E-state index contributed by atoms with van der Waals surface area (Å²) in [5.74, 6) is 1.23. The van der Waals surface area contributed by atoms with E-state index in [4.69, 9.17) is 0 Å². The van der Waals surface area contributed by atoms with E-state index in [0.717, 1.165) is 18.7 Å². The van der Waals surface area contributed by atoms with Crippen molar-refractivity contribution in [3.05, 3.63) is 48.0 Å². The van der Waals surface area contributed by atoms with Crippen molar-refractivity contribution in [1.29, 1.82) is 0 Å². The van der Waals surface area contributed by atoms with E-state index in [2.05, 4.69) is 62.9 Å². The van der Waals surface area contributed by atoms with Gasteiger partial charge < -0.3 is 5.11 Å². The highest BCUT2D eigenvalue weighted by molar-refractivity contribution is 5.83. The summed E-state index contributed by atoms with van der Waals surface area (Å²) >= 11 is 0. The average molecular weight is 299 g/mol. The highest BCUT2D eigenvalue weighted by atomic mass is 16.3. The fourth-order valence-electron chi connectivity index (χ4n) is 3.02. The van der Waals surface area contributed by atoms with Gasteiger partial charge in [-0.1, -0.05) is 64.1 Å². The van der Waals surface area contributed by atoms with Crippen molar-refractivity contribution in [2.45, 2.75) is 33.8 Å². The molecule has 0 spiro atoms. The van der Waals surface area contributed by atoms with Crippen LogP contribution in [0.5, 0.6) is 0 Å². The molecule has 2 nitrogen and oxygen atoms in total. The molecule has 0 amide bonds. The summed E-state index contributed by atoms with van der Waals surface area (Å²) in [5.41, 5.74) is 1.01. The van der Waals surface area contributed by atoms with E-state index in [1.807, 2.05) is 12.1 Å². The third kappa shape index (κ3) is 4.82. The second-order valence-corrected chi connectivity index (χ2v) is 7.13. The van der Waals surface area contributed by atoms with Gasteiger partial charge >= 0.3 is 0 Å². The summed E-state index contributed by atoms with van der Waals surface area (Å²) in [6.07, 6.45) is -0.429. The van der Waals surface area contributed by atoms with Gasteiger partial charge in [0.15, 0.2) is 0 Å². The zero-order valence-electron chi connectivity index (χ0n) is 14.3. The first-order valence-electron chi connectivity index (χ1n) is 8.35. The molecule has 2 aromatic rings. The Balaban J connectivity index is 2.11. The number of rotatable bonds is 7. The van der Waals surface area contributed by atoms with E-state index < -0.39 is 6.10 Å². The molecule has 1 unspecified atom stereocenters. The first kappa shape index (κ1) is 17.0. The SMILES string of the molecule is CC(C)CN(CC(C)C)CC(O)c1ccc2ccccc2c1. The van der Waals surface area contributed by atoms with Crippen LogP contribution >= 0.6 is 0 Å². The Kier molecular flexibility index (Phi) is 5.98. The summed E-state index contributed by atoms with van der Waals surface area (Å²) in [7, 11) is 0. The molecule has 2 heteroatoms. The van der Waals surface area contributed by atoms with Crippen LogP contribution in [0.2, 0.25) is 0 Å². The second kappa shape index (κ2) is 7.75. The molecule has 0 aromatic heterocycles. The molecule has 0 saturated carbocycles. The molecule has 0 bridgehead atoms. The average Bonchev–Trinajstić information content (AvgIpc) is 2.45. The van der Waals surface area contributed by atoms with Crippen LogP contribution in [0.25, 0.3) is 10.8 Å². The highest BCUT2D eigenvalue weighted by Gasteiger charge is 2.16. The van der Waals surface area contributed by atoms with Crippen LogP contribution in [0.15, 0.2) is 42.5 Å². The van der Waals surface area contributed by atoms with Gasteiger partial charge in [-0.15, -0.1) is 0 Å². The maximum Gasteiger partial charge on any atom is 0.0917 e. The second-order valence-electron chi connectivity index (χ2n) is 7.13. The Hall–Kier alpha value is -1.38. The number of benzene rings is 2. The molecule has 120 valence electrons. The van der Waals surface area contributed by atoms with E-state index in [1.54, 1.807) is 0 Å². The smallest absolute Gasteiger partial charge is 0.0917 e. The standard InChI is InChI=1S/C20H29NO/c1-15(2)12-21(13-16(3)4)14-20(22)19-10-9-17-7-5-6-8-18(17)11-19/h5-11,15-16,20,22H,12-14H2,1-4H3. The minimum absolute atomic E-state index is 0.429. The molecule has 2 aromatic carbocycles. The van der Waals surface area contributed by atoms with E-state index in [0.29, 0.717) is 18.4 Å². The summed E-state index contributed by atoms with van der Waals surface area (Å²) < 4.78 is 0. The van der Waals surface area contributed by atoms with Gasteiger partial charge in [0.2, 0.25) is 0 Å².